The lowest BCUT2D eigenvalue weighted by atomic mass is 10.3. The molecule has 0 radical (unpaired) electrons. The van der Waals surface area contributed by atoms with E-state index in [0.717, 1.165) is 10.6 Å². The van der Waals surface area contributed by atoms with Gasteiger partial charge in [0.15, 0.2) is 0 Å². The fraction of sp³-hybridized carbons (Fsp3) is 0.333. The van der Waals surface area contributed by atoms with E-state index in [2.05, 4.69) is 0 Å². The van der Waals surface area contributed by atoms with E-state index in [9.17, 15) is 10.1 Å². The predicted octanol–water partition coefficient (Wildman–Crippen LogP) is 2.99. The van der Waals surface area contributed by atoms with E-state index in [1.807, 2.05) is 0 Å². The molecule has 0 fully saturated rings. The fourth-order valence-corrected chi connectivity index (χ4v) is 2.12. The molecule has 1 aromatic carbocycles. The minimum absolute atomic E-state index is 0.0103. The molecular formula is C9H10ClNO3S. The number of halogens is 1. The van der Waals surface area contributed by atoms with Crippen molar-refractivity contribution >= 4 is 29.1 Å². The average Bonchev–Trinajstić information content (AvgIpc) is 2.20. The maximum Gasteiger partial charge on any atom is 0.270 e. The summed E-state index contributed by atoms with van der Waals surface area (Å²) in [6.07, 6.45) is 0. The van der Waals surface area contributed by atoms with Crippen molar-refractivity contribution in [2.24, 2.45) is 0 Å². The standard InChI is InChI=1S/C9H10ClNO3S/c1-14-4-5-15-9-3-2-7(11(12)13)6-8(9)10/h2-3,6H,4-5H2,1H3. The van der Waals surface area contributed by atoms with Crippen molar-refractivity contribution in [1.82, 2.24) is 0 Å². The van der Waals surface area contributed by atoms with Crippen LogP contribution in [0.2, 0.25) is 5.02 Å². The summed E-state index contributed by atoms with van der Waals surface area (Å²) >= 11 is 7.40. The number of nitrogens with zero attached hydrogens (tertiary/aromatic N) is 1. The Labute approximate surface area is 96.7 Å². The van der Waals surface area contributed by atoms with Crippen molar-refractivity contribution in [2.75, 3.05) is 19.5 Å². The Hall–Kier alpha value is -0.780. The Morgan fingerprint density at radius 1 is 1.60 bits per heavy atom. The summed E-state index contributed by atoms with van der Waals surface area (Å²) in [5, 5.41) is 10.9. The number of nitro groups is 1. The van der Waals surface area contributed by atoms with E-state index in [1.165, 1.54) is 23.9 Å². The fourth-order valence-electron chi connectivity index (χ4n) is 0.955. The molecule has 4 nitrogen and oxygen atoms in total. The number of ether oxygens (including phenoxy) is 1. The van der Waals surface area contributed by atoms with Crippen molar-refractivity contribution < 1.29 is 9.66 Å². The highest BCUT2D eigenvalue weighted by Crippen LogP contribution is 2.30. The quantitative estimate of drug-likeness (QED) is 0.347. The van der Waals surface area contributed by atoms with Gasteiger partial charge in [0.2, 0.25) is 0 Å². The van der Waals surface area contributed by atoms with E-state index in [1.54, 1.807) is 13.2 Å². The molecule has 0 aromatic heterocycles. The normalized spacial score (nSPS) is 10.3. The van der Waals surface area contributed by atoms with Crippen molar-refractivity contribution in [3.8, 4) is 0 Å². The molecule has 6 heteroatoms. The third-order valence-corrected chi connectivity index (χ3v) is 3.13. The van der Waals surface area contributed by atoms with Crippen molar-refractivity contribution in [3.05, 3.63) is 33.3 Å². The minimum atomic E-state index is -0.463. The van der Waals surface area contributed by atoms with Gasteiger partial charge in [-0.1, -0.05) is 11.6 Å². The van der Waals surface area contributed by atoms with Gasteiger partial charge in [0.05, 0.1) is 16.6 Å². The van der Waals surface area contributed by atoms with Crippen LogP contribution in [-0.4, -0.2) is 24.4 Å². The Morgan fingerprint density at radius 2 is 2.33 bits per heavy atom. The molecule has 0 aliphatic rings. The molecule has 0 unspecified atom stereocenters. The number of hydrogen-bond donors (Lipinski definition) is 0. The molecule has 0 saturated carbocycles. The van der Waals surface area contributed by atoms with Crippen LogP contribution in [0.4, 0.5) is 5.69 Å². The summed E-state index contributed by atoms with van der Waals surface area (Å²) in [7, 11) is 1.62. The van der Waals surface area contributed by atoms with Crippen LogP contribution in [0.1, 0.15) is 0 Å². The Bertz CT molecular complexity index is 359. The average molecular weight is 248 g/mol. The topological polar surface area (TPSA) is 52.4 Å². The van der Waals surface area contributed by atoms with E-state index in [4.69, 9.17) is 16.3 Å². The van der Waals surface area contributed by atoms with Crippen molar-refractivity contribution in [2.45, 2.75) is 4.90 Å². The van der Waals surface area contributed by atoms with Crippen LogP contribution in [0.3, 0.4) is 0 Å². The molecule has 0 bridgehead atoms. The summed E-state index contributed by atoms with van der Waals surface area (Å²) in [6.45, 7) is 0.623. The largest absolute Gasteiger partial charge is 0.384 e. The molecule has 0 atom stereocenters. The third kappa shape index (κ3) is 3.70. The smallest absolute Gasteiger partial charge is 0.270 e. The summed E-state index contributed by atoms with van der Waals surface area (Å²) < 4.78 is 4.89. The summed E-state index contributed by atoms with van der Waals surface area (Å²) in [5.74, 6) is 0.772. The monoisotopic (exact) mass is 247 g/mol. The third-order valence-electron chi connectivity index (χ3n) is 1.67. The van der Waals surface area contributed by atoms with Crippen LogP contribution in [0.25, 0.3) is 0 Å². The number of hydrogen-bond acceptors (Lipinski definition) is 4. The summed E-state index contributed by atoms with van der Waals surface area (Å²) in [6, 6.07) is 4.46. The Morgan fingerprint density at radius 3 is 2.87 bits per heavy atom. The predicted molar refractivity (Wildman–Crippen MR) is 60.7 cm³/mol. The lowest BCUT2D eigenvalue weighted by molar-refractivity contribution is -0.384. The highest BCUT2D eigenvalue weighted by molar-refractivity contribution is 7.99. The second kappa shape index (κ2) is 5.95. The lowest BCUT2D eigenvalue weighted by Gasteiger charge is -2.03. The first kappa shape index (κ1) is 12.3. The Kier molecular flexibility index (Phi) is 4.87. The molecule has 0 amide bonds. The number of rotatable bonds is 5. The van der Waals surface area contributed by atoms with Crippen molar-refractivity contribution in [1.29, 1.82) is 0 Å². The van der Waals surface area contributed by atoms with E-state index < -0.39 is 4.92 Å². The number of thioether (sulfide) groups is 1. The van der Waals surface area contributed by atoms with Gasteiger partial charge in [0.1, 0.15) is 0 Å². The first-order chi connectivity index (χ1) is 7.15. The van der Waals surface area contributed by atoms with Gasteiger partial charge in [-0.15, -0.1) is 11.8 Å². The van der Waals surface area contributed by atoms with Gasteiger partial charge in [0, 0.05) is 29.9 Å². The summed E-state index contributed by atoms with van der Waals surface area (Å²) in [5.41, 5.74) is 0.0103. The maximum atomic E-state index is 10.4. The second-order valence-electron chi connectivity index (χ2n) is 2.71. The van der Waals surface area contributed by atoms with Crippen molar-refractivity contribution in [3.63, 3.8) is 0 Å². The molecule has 0 heterocycles. The van der Waals surface area contributed by atoms with Crippen LogP contribution >= 0.6 is 23.4 Å². The summed E-state index contributed by atoms with van der Waals surface area (Å²) in [4.78, 5) is 10.8. The number of methoxy groups -OCH3 is 1. The van der Waals surface area contributed by atoms with Crippen LogP contribution in [-0.2, 0) is 4.74 Å². The lowest BCUT2D eigenvalue weighted by Crippen LogP contribution is -1.92. The highest BCUT2D eigenvalue weighted by atomic mass is 35.5. The first-order valence-electron chi connectivity index (χ1n) is 4.21. The molecule has 0 spiro atoms. The van der Waals surface area contributed by atoms with Gasteiger partial charge in [-0.2, -0.15) is 0 Å². The molecule has 0 saturated heterocycles. The van der Waals surface area contributed by atoms with Gasteiger partial charge in [-0.3, -0.25) is 10.1 Å². The molecular weight excluding hydrogens is 238 g/mol. The Balaban J connectivity index is 2.70. The molecule has 1 rings (SSSR count). The van der Waals surface area contributed by atoms with Gasteiger partial charge >= 0.3 is 0 Å². The molecule has 1 aromatic rings. The van der Waals surface area contributed by atoms with Crippen LogP contribution in [0.15, 0.2) is 23.1 Å². The van der Waals surface area contributed by atoms with Crippen LogP contribution < -0.4 is 0 Å². The maximum absolute atomic E-state index is 10.4. The molecule has 0 aliphatic heterocycles. The zero-order valence-corrected chi connectivity index (χ0v) is 9.68. The van der Waals surface area contributed by atoms with Gasteiger partial charge in [0.25, 0.3) is 5.69 Å². The number of benzene rings is 1. The number of non-ortho nitro benzene ring substituents is 1. The zero-order valence-electron chi connectivity index (χ0n) is 8.10. The van der Waals surface area contributed by atoms with Gasteiger partial charge in [-0.25, -0.2) is 0 Å². The molecule has 0 aliphatic carbocycles. The molecule has 15 heavy (non-hydrogen) atoms. The van der Waals surface area contributed by atoms with Crippen LogP contribution in [0.5, 0.6) is 0 Å². The minimum Gasteiger partial charge on any atom is -0.384 e. The first-order valence-corrected chi connectivity index (χ1v) is 5.57. The van der Waals surface area contributed by atoms with E-state index in [-0.39, 0.29) is 5.69 Å². The van der Waals surface area contributed by atoms with Gasteiger partial charge < -0.3 is 4.74 Å². The molecule has 0 N–H and O–H groups in total. The molecule has 82 valence electrons. The van der Waals surface area contributed by atoms with E-state index >= 15 is 0 Å². The second-order valence-corrected chi connectivity index (χ2v) is 4.26. The zero-order chi connectivity index (χ0) is 11.3. The van der Waals surface area contributed by atoms with Crippen LogP contribution in [0, 0.1) is 10.1 Å². The van der Waals surface area contributed by atoms with E-state index in [0.29, 0.717) is 11.6 Å². The van der Waals surface area contributed by atoms with Gasteiger partial charge in [-0.05, 0) is 6.07 Å². The highest BCUT2D eigenvalue weighted by Gasteiger charge is 2.09. The number of nitro benzene ring substituents is 1. The SMILES string of the molecule is COCCSc1ccc([N+](=O)[O-])cc1Cl.